The molecule has 0 aromatic heterocycles. The molecule has 0 amide bonds. The van der Waals surface area contributed by atoms with Gasteiger partial charge in [-0.05, 0) is 50.9 Å². The first kappa shape index (κ1) is 16.0. The zero-order valence-electron chi connectivity index (χ0n) is 13.2. The Balaban J connectivity index is 1.76. The Kier molecular flexibility index (Phi) is 5.65. The van der Waals surface area contributed by atoms with E-state index in [9.17, 15) is 5.11 Å². The van der Waals surface area contributed by atoms with Gasteiger partial charge in [0.15, 0.2) is 0 Å². The minimum atomic E-state index is -0.629. The molecule has 2 rings (SSSR count). The Bertz CT molecular complexity index is 309. The largest absolute Gasteiger partial charge is 0.389 e. The molecule has 20 heavy (non-hydrogen) atoms. The van der Waals surface area contributed by atoms with Crippen LogP contribution in [0.3, 0.4) is 0 Å². The molecular formula is C17H31NO2. The van der Waals surface area contributed by atoms with Crippen molar-refractivity contribution in [2.45, 2.75) is 58.0 Å². The van der Waals surface area contributed by atoms with E-state index in [1.807, 2.05) is 13.8 Å². The van der Waals surface area contributed by atoms with Crippen molar-refractivity contribution in [2.75, 3.05) is 26.3 Å². The van der Waals surface area contributed by atoms with Crippen LogP contribution in [0.25, 0.3) is 0 Å². The third-order valence-corrected chi connectivity index (χ3v) is 4.53. The molecule has 1 heterocycles. The molecule has 2 aliphatic rings. The van der Waals surface area contributed by atoms with Gasteiger partial charge in [0.2, 0.25) is 0 Å². The lowest BCUT2D eigenvalue weighted by atomic mass is 9.75. The summed E-state index contributed by atoms with van der Waals surface area (Å²) in [4.78, 5) is 0. The molecule has 116 valence electrons. The predicted molar refractivity (Wildman–Crippen MR) is 82.8 cm³/mol. The lowest BCUT2D eigenvalue weighted by Gasteiger charge is -2.35. The Morgan fingerprint density at radius 1 is 1.30 bits per heavy atom. The maximum absolute atomic E-state index is 9.67. The van der Waals surface area contributed by atoms with Crippen molar-refractivity contribution in [3.63, 3.8) is 0 Å². The summed E-state index contributed by atoms with van der Waals surface area (Å²) in [5.74, 6) is 1.01. The van der Waals surface area contributed by atoms with Crippen LogP contribution in [0.4, 0.5) is 0 Å². The summed E-state index contributed by atoms with van der Waals surface area (Å²) in [7, 11) is 0. The highest BCUT2D eigenvalue weighted by Crippen LogP contribution is 2.42. The van der Waals surface area contributed by atoms with Gasteiger partial charge < -0.3 is 15.2 Å². The van der Waals surface area contributed by atoms with Gasteiger partial charge in [-0.25, -0.2) is 0 Å². The maximum atomic E-state index is 9.67. The van der Waals surface area contributed by atoms with Crippen LogP contribution in [0.1, 0.15) is 52.4 Å². The average Bonchev–Trinajstić information content (AvgIpc) is 3.20. The Hall–Kier alpha value is -0.380. The smallest absolute Gasteiger partial charge is 0.0715 e. The zero-order valence-corrected chi connectivity index (χ0v) is 13.2. The summed E-state index contributed by atoms with van der Waals surface area (Å²) >= 11 is 0. The van der Waals surface area contributed by atoms with Gasteiger partial charge in [0.25, 0.3) is 0 Å². The number of aliphatic hydroxyl groups is 1. The number of hydrogen-bond donors (Lipinski definition) is 2. The fraction of sp³-hybridized carbons (Fsp3) is 0.882. The van der Waals surface area contributed by atoms with Gasteiger partial charge >= 0.3 is 0 Å². The van der Waals surface area contributed by atoms with Crippen molar-refractivity contribution >= 4 is 0 Å². The van der Waals surface area contributed by atoms with E-state index in [0.29, 0.717) is 12.0 Å². The second-order valence-electron chi connectivity index (χ2n) is 7.30. The monoisotopic (exact) mass is 281 g/mol. The lowest BCUT2D eigenvalue weighted by molar-refractivity contribution is 0.0320. The van der Waals surface area contributed by atoms with E-state index in [2.05, 4.69) is 17.5 Å². The van der Waals surface area contributed by atoms with Gasteiger partial charge in [-0.2, -0.15) is 0 Å². The van der Waals surface area contributed by atoms with E-state index in [-0.39, 0.29) is 0 Å². The van der Waals surface area contributed by atoms with Crippen LogP contribution in [0, 0.1) is 11.3 Å². The molecule has 0 atom stereocenters. The van der Waals surface area contributed by atoms with E-state index in [4.69, 9.17) is 4.74 Å². The predicted octanol–water partition coefficient (Wildman–Crippen LogP) is 2.89. The third-order valence-electron chi connectivity index (χ3n) is 4.53. The van der Waals surface area contributed by atoms with Gasteiger partial charge in [-0.3, -0.25) is 0 Å². The molecule has 3 nitrogen and oxygen atoms in total. The molecule has 0 spiro atoms. The van der Waals surface area contributed by atoms with Crippen LogP contribution in [-0.4, -0.2) is 37.0 Å². The molecule has 2 N–H and O–H groups in total. The van der Waals surface area contributed by atoms with Crippen LogP contribution in [0.5, 0.6) is 0 Å². The fourth-order valence-electron chi connectivity index (χ4n) is 2.95. The van der Waals surface area contributed by atoms with E-state index in [1.54, 1.807) is 0 Å². The van der Waals surface area contributed by atoms with E-state index >= 15 is 0 Å². The molecule has 0 bridgehead atoms. The second kappa shape index (κ2) is 7.06. The molecule has 2 fully saturated rings. The minimum Gasteiger partial charge on any atom is -0.389 e. The lowest BCUT2D eigenvalue weighted by Crippen LogP contribution is -2.35. The van der Waals surface area contributed by atoms with Crippen molar-refractivity contribution in [1.82, 2.24) is 5.32 Å². The van der Waals surface area contributed by atoms with Crippen LogP contribution >= 0.6 is 0 Å². The van der Waals surface area contributed by atoms with Crippen LogP contribution in [0.2, 0.25) is 0 Å². The van der Waals surface area contributed by atoms with E-state index in [0.717, 1.165) is 25.7 Å². The molecule has 3 heteroatoms. The molecule has 1 aliphatic heterocycles. The standard InChI is InChI=1S/C17H31NO2/c1-16(2,19)14-18-11-3-7-17(8-6-15-4-5-15)9-12-20-13-10-17/h3,7,15,18-19H,4-6,8-14H2,1-2H3/b7-3+. The first-order valence-electron chi connectivity index (χ1n) is 8.18. The summed E-state index contributed by atoms with van der Waals surface area (Å²) < 4.78 is 5.54. The molecular weight excluding hydrogens is 250 g/mol. The molecule has 0 unspecified atom stereocenters. The quantitative estimate of drug-likeness (QED) is 0.531. The van der Waals surface area contributed by atoms with Gasteiger partial charge in [0.1, 0.15) is 0 Å². The topological polar surface area (TPSA) is 41.5 Å². The SMILES string of the molecule is CC(C)(O)CNC/C=C/C1(CCC2CC2)CCOCC1. The van der Waals surface area contributed by atoms with Crippen LogP contribution < -0.4 is 5.32 Å². The summed E-state index contributed by atoms with van der Waals surface area (Å²) in [5, 5.41) is 13.0. The molecule has 1 aliphatic carbocycles. The van der Waals surface area contributed by atoms with Crippen molar-refractivity contribution in [2.24, 2.45) is 11.3 Å². The van der Waals surface area contributed by atoms with Crippen molar-refractivity contribution in [1.29, 1.82) is 0 Å². The summed E-state index contributed by atoms with van der Waals surface area (Å²) in [6.07, 6.45) is 12.6. The summed E-state index contributed by atoms with van der Waals surface area (Å²) in [6, 6.07) is 0. The van der Waals surface area contributed by atoms with Gasteiger partial charge in [-0.15, -0.1) is 0 Å². The number of allylic oxidation sites excluding steroid dienone is 1. The van der Waals surface area contributed by atoms with E-state index < -0.39 is 5.60 Å². The highest BCUT2D eigenvalue weighted by Gasteiger charge is 2.32. The number of ether oxygens (including phenoxy) is 1. The third kappa shape index (κ3) is 5.94. The van der Waals surface area contributed by atoms with Crippen molar-refractivity contribution in [3.05, 3.63) is 12.2 Å². The first-order chi connectivity index (χ1) is 9.49. The highest BCUT2D eigenvalue weighted by atomic mass is 16.5. The Labute approximate surface area is 123 Å². The molecule has 0 aromatic carbocycles. The summed E-state index contributed by atoms with van der Waals surface area (Å²) in [5.41, 5.74) is -0.257. The summed E-state index contributed by atoms with van der Waals surface area (Å²) in [6.45, 7) is 6.96. The van der Waals surface area contributed by atoms with Gasteiger partial charge in [0.05, 0.1) is 5.60 Å². The first-order valence-corrected chi connectivity index (χ1v) is 8.18. The van der Waals surface area contributed by atoms with Gasteiger partial charge in [0, 0.05) is 26.3 Å². The normalized spacial score (nSPS) is 23.4. The molecule has 1 saturated carbocycles. The van der Waals surface area contributed by atoms with Crippen molar-refractivity contribution < 1.29 is 9.84 Å². The van der Waals surface area contributed by atoms with Crippen LogP contribution in [0.15, 0.2) is 12.2 Å². The van der Waals surface area contributed by atoms with E-state index in [1.165, 1.54) is 38.5 Å². The Morgan fingerprint density at radius 3 is 2.60 bits per heavy atom. The van der Waals surface area contributed by atoms with Crippen molar-refractivity contribution in [3.8, 4) is 0 Å². The van der Waals surface area contributed by atoms with Gasteiger partial charge in [-0.1, -0.05) is 25.0 Å². The average molecular weight is 281 g/mol. The molecule has 1 saturated heterocycles. The number of rotatable bonds is 8. The molecule has 0 radical (unpaired) electrons. The number of hydrogen-bond acceptors (Lipinski definition) is 3. The second-order valence-corrected chi connectivity index (χ2v) is 7.30. The fourth-order valence-corrected chi connectivity index (χ4v) is 2.95. The maximum Gasteiger partial charge on any atom is 0.0715 e. The minimum absolute atomic E-state index is 0.372. The van der Waals surface area contributed by atoms with Crippen LogP contribution in [-0.2, 0) is 4.74 Å². The highest BCUT2D eigenvalue weighted by molar-refractivity contribution is 5.02. The number of nitrogens with one attached hydrogen (secondary N) is 1. The molecule has 0 aromatic rings. The zero-order chi connectivity index (χ0) is 14.5. The Morgan fingerprint density at radius 2 is 2.00 bits per heavy atom.